The fourth-order valence-electron chi connectivity index (χ4n) is 0.478. The maximum atomic E-state index is 10.8. The number of nitrogens with one attached hydrogen (secondary N) is 1. The Kier molecular flexibility index (Phi) is 5.11. The van der Waals surface area contributed by atoms with Crippen LogP contribution < -0.4 is 5.32 Å². The Hall–Kier alpha value is -0.380. The average Bonchev–Trinajstić information content (AvgIpc) is 1.82. The molecule has 0 saturated heterocycles. The number of amides is 1. The number of ether oxygens (including phenoxy) is 1. The van der Waals surface area contributed by atoms with Crippen LogP contribution in [0, 0.1) is 0 Å². The maximum absolute atomic E-state index is 10.8. The van der Waals surface area contributed by atoms with Gasteiger partial charge < -0.3 is 10.1 Å². The van der Waals surface area contributed by atoms with Crippen molar-refractivity contribution >= 4 is 17.0 Å². The van der Waals surface area contributed by atoms with E-state index in [4.69, 9.17) is 4.74 Å². The smallest absolute Gasteiger partial charge is 0.407 e. The Morgan fingerprint density at radius 2 is 2.09 bits per heavy atom. The number of hydrogen-bond donors (Lipinski definition) is 2. The summed E-state index contributed by atoms with van der Waals surface area (Å²) in [6, 6.07) is 0. The van der Waals surface area contributed by atoms with Gasteiger partial charge in [-0.2, -0.15) is 0 Å². The Morgan fingerprint density at radius 1 is 1.55 bits per heavy atom. The van der Waals surface area contributed by atoms with E-state index >= 15 is 0 Å². The number of rotatable bonds is 3. The standard InChI is InChI=1S/C7H17NO2S/c1-6(2)10-7(9)8-5-11(3)4/h6,11H,5H2,1-4H3,(H,8,9). The molecule has 0 radical (unpaired) electrons. The largest absolute Gasteiger partial charge is 0.447 e. The molecule has 1 amide bonds. The molecule has 0 rings (SSSR count). The van der Waals surface area contributed by atoms with Crippen LogP contribution in [0.15, 0.2) is 0 Å². The molecule has 0 fully saturated rings. The van der Waals surface area contributed by atoms with Crippen molar-refractivity contribution in [1.29, 1.82) is 0 Å². The first-order valence-electron chi connectivity index (χ1n) is 3.61. The molecule has 0 aliphatic carbocycles. The lowest BCUT2D eigenvalue weighted by Gasteiger charge is -2.12. The molecular formula is C7H17NO2S. The average molecular weight is 179 g/mol. The van der Waals surface area contributed by atoms with Crippen molar-refractivity contribution in [2.45, 2.75) is 20.0 Å². The number of carbonyl (C=O) groups excluding carboxylic acids is 1. The van der Waals surface area contributed by atoms with Gasteiger partial charge in [0.1, 0.15) is 0 Å². The van der Waals surface area contributed by atoms with Gasteiger partial charge in [0.2, 0.25) is 0 Å². The predicted molar refractivity (Wildman–Crippen MR) is 50.5 cm³/mol. The van der Waals surface area contributed by atoms with Crippen LogP contribution in [0.25, 0.3) is 0 Å². The highest BCUT2D eigenvalue weighted by atomic mass is 32.2. The summed E-state index contributed by atoms with van der Waals surface area (Å²) in [7, 11) is -0.0699. The van der Waals surface area contributed by atoms with E-state index in [0.717, 1.165) is 5.88 Å². The van der Waals surface area contributed by atoms with Crippen molar-refractivity contribution < 1.29 is 9.53 Å². The first-order valence-corrected chi connectivity index (χ1v) is 6.03. The molecule has 0 aliphatic heterocycles. The van der Waals surface area contributed by atoms with E-state index in [-0.39, 0.29) is 23.1 Å². The minimum atomic E-state index is -0.309. The van der Waals surface area contributed by atoms with Crippen molar-refractivity contribution in [3.8, 4) is 0 Å². The number of hydrogen-bond acceptors (Lipinski definition) is 2. The Labute approximate surface area is 70.8 Å². The second kappa shape index (κ2) is 5.29. The SMILES string of the molecule is CC(C)OC(=O)NC[SH](C)C. The molecule has 0 bridgehead atoms. The van der Waals surface area contributed by atoms with Crippen molar-refractivity contribution in [3.63, 3.8) is 0 Å². The second-order valence-corrected chi connectivity index (χ2v) is 5.34. The van der Waals surface area contributed by atoms with Crippen LogP contribution in [-0.2, 0) is 4.74 Å². The summed E-state index contributed by atoms with van der Waals surface area (Å²) >= 11 is 0. The molecule has 4 heteroatoms. The highest BCUT2D eigenvalue weighted by Gasteiger charge is 2.02. The molecule has 0 atom stereocenters. The third kappa shape index (κ3) is 7.52. The van der Waals surface area contributed by atoms with Gasteiger partial charge in [-0.25, -0.2) is 15.7 Å². The fraction of sp³-hybridized carbons (Fsp3) is 0.857. The molecular weight excluding hydrogens is 162 g/mol. The van der Waals surface area contributed by atoms with Crippen LogP contribution in [-0.4, -0.2) is 30.6 Å². The Bertz CT molecular complexity index is 126. The Balaban J connectivity index is 3.38. The van der Waals surface area contributed by atoms with Gasteiger partial charge in [0.15, 0.2) is 0 Å². The molecule has 0 spiro atoms. The van der Waals surface area contributed by atoms with Crippen LogP contribution in [0.4, 0.5) is 4.79 Å². The number of alkyl carbamates (subject to hydrolysis) is 1. The molecule has 0 aliphatic rings. The molecule has 0 aromatic carbocycles. The van der Waals surface area contributed by atoms with Gasteiger partial charge in [0.25, 0.3) is 0 Å². The van der Waals surface area contributed by atoms with Gasteiger partial charge in [-0.15, -0.1) is 0 Å². The minimum Gasteiger partial charge on any atom is -0.447 e. The maximum Gasteiger partial charge on any atom is 0.407 e. The molecule has 1 N–H and O–H groups in total. The first-order chi connectivity index (χ1) is 5.02. The van der Waals surface area contributed by atoms with Gasteiger partial charge >= 0.3 is 6.09 Å². The van der Waals surface area contributed by atoms with Gasteiger partial charge in [0.05, 0.1) is 6.10 Å². The zero-order valence-corrected chi connectivity index (χ0v) is 8.44. The van der Waals surface area contributed by atoms with Crippen LogP contribution in [0.3, 0.4) is 0 Å². The zero-order chi connectivity index (χ0) is 8.85. The van der Waals surface area contributed by atoms with Gasteiger partial charge in [0, 0.05) is 5.88 Å². The van der Waals surface area contributed by atoms with Crippen molar-refractivity contribution in [2.24, 2.45) is 0 Å². The normalized spacial score (nSPS) is 11.2. The zero-order valence-electron chi connectivity index (χ0n) is 7.55. The summed E-state index contributed by atoms with van der Waals surface area (Å²) in [5.41, 5.74) is 0. The molecule has 0 heterocycles. The molecule has 0 aromatic heterocycles. The van der Waals surface area contributed by atoms with E-state index in [2.05, 4.69) is 17.8 Å². The van der Waals surface area contributed by atoms with Crippen LogP contribution >= 0.6 is 10.9 Å². The van der Waals surface area contributed by atoms with Crippen molar-refractivity contribution in [1.82, 2.24) is 5.32 Å². The van der Waals surface area contributed by atoms with Crippen LogP contribution in [0.2, 0.25) is 0 Å². The minimum absolute atomic E-state index is 0.0325. The van der Waals surface area contributed by atoms with Gasteiger partial charge in [-0.3, -0.25) is 0 Å². The van der Waals surface area contributed by atoms with Gasteiger partial charge in [-0.05, 0) is 26.4 Å². The lowest BCUT2D eigenvalue weighted by Crippen LogP contribution is -2.27. The topological polar surface area (TPSA) is 38.3 Å². The summed E-state index contributed by atoms with van der Waals surface area (Å²) in [5, 5.41) is 2.68. The summed E-state index contributed by atoms with van der Waals surface area (Å²) < 4.78 is 4.86. The Morgan fingerprint density at radius 3 is 2.45 bits per heavy atom. The van der Waals surface area contributed by atoms with Crippen molar-refractivity contribution in [2.75, 3.05) is 18.4 Å². The second-order valence-electron chi connectivity index (χ2n) is 2.87. The van der Waals surface area contributed by atoms with E-state index in [0.29, 0.717) is 0 Å². The lowest BCUT2D eigenvalue weighted by atomic mass is 10.5. The van der Waals surface area contributed by atoms with Crippen molar-refractivity contribution in [3.05, 3.63) is 0 Å². The lowest BCUT2D eigenvalue weighted by molar-refractivity contribution is 0.117. The molecule has 11 heavy (non-hydrogen) atoms. The van der Waals surface area contributed by atoms with Crippen LogP contribution in [0.5, 0.6) is 0 Å². The summed E-state index contributed by atoms with van der Waals surface area (Å²) in [4.78, 5) is 10.8. The third-order valence-corrected chi connectivity index (χ3v) is 1.67. The number of carbonyl (C=O) groups is 1. The van der Waals surface area contributed by atoms with E-state index < -0.39 is 0 Å². The highest BCUT2D eigenvalue weighted by molar-refractivity contribution is 8.15. The molecule has 3 nitrogen and oxygen atoms in total. The molecule has 0 aromatic rings. The first kappa shape index (κ1) is 10.6. The third-order valence-electron chi connectivity index (χ3n) is 0.882. The van der Waals surface area contributed by atoms with E-state index in [1.807, 2.05) is 13.8 Å². The van der Waals surface area contributed by atoms with E-state index in [9.17, 15) is 4.79 Å². The van der Waals surface area contributed by atoms with E-state index in [1.54, 1.807) is 0 Å². The van der Waals surface area contributed by atoms with Crippen LogP contribution in [0.1, 0.15) is 13.8 Å². The fourth-order valence-corrected chi connectivity index (χ4v) is 0.924. The molecule has 0 unspecified atom stereocenters. The highest BCUT2D eigenvalue weighted by Crippen LogP contribution is 2.09. The summed E-state index contributed by atoms with van der Waals surface area (Å²) in [6.45, 7) is 3.67. The summed E-state index contributed by atoms with van der Waals surface area (Å²) in [6.07, 6.45) is 3.86. The summed E-state index contributed by atoms with van der Waals surface area (Å²) in [5.74, 6) is 0.737. The molecule has 0 saturated carbocycles. The quantitative estimate of drug-likeness (QED) is 0.642. The monoisotopic (exact) mass is 179 g/mol. The molecule has 68 valence electrons. The van der Waals surface area contributed by atoms with Gasteiger partial charge in [-0.1, -0.05) is 0 Å². The number of thiol groups is 1. The van der Waals surface area contributed by atoms with E-state index in [1.165, 1.54) is 0 Å². The predicted octanol–water partition coefficient (Wildman–Crippen LogP) is 1.34.